The summed E-state index contributed by atoms with van der Waals surface area (Å²) in [4.78, 5) is 48.0. The molecule has 0 bridgehead atoms. The maximum atomic E-state index is 14.0. The number of thiophene rings is 1. The smallest absolute Gasteiger partial charge is 0.272 e. The van der Waals surface area contributed by atoms with Crippen molar-refractivity contribution in [2.24, 2.45) is 5.92 Å². The predicted octanol–water partition coefficient (Wildman–Crippen LogP) is 8.38. The fourth-order valence-corrected chi connectivity index (χ4v) is 8.97. The number of carbonyl (C=O) groups excluding carboxylic acids is 3. The van der Waals surface area contributed by atoms with Crippen molar-refractivity contribution in [3.05, 3.63) is 118 Å². The molecule has 1 saturated carbocycles. The lowest BCUT2D eigenvalue weighted by atomic mass is 9.92. The van der Waals surface area contributed by atoms with E-state index >= 15 is 0 Å². The summed E-state index contributed by atoms with van der Waals surface area (Å²) in [7, 11) is 2.02. The van der Waals surface area contributed by atoms with Crippen LogP contribution in [0.2, 0.25) is 0 Å². The Bertz CT molecular complexity index is 1890. The van der Waals surface area contributed by atoms with E-state index in [0.717, 1.165) is 74.8 Å². The summed E-state index contributed by atoms with van der Waals surface area (Å²) >= 11 is 3.69. The first-order valence-electron chi connectivity index (χ1n) is 16.6. The Morgan fingerprint density at radius 1 is 0.875 bits per heavy atom. The van der Waals surface area contributed by atoms with E-state index in [4.69, 9.17) is 0 Å². The fourth-order valence-electron chi connectivity index (χ4n) is 6.81. The highest BCUT2D eigenvalue weighted by Gasteiger charge is 2.34. The second-order valence-corrected chi connectivity index (χ2v) is 15.1. The number of hydrogen-bond donors (Lipinski definition) is 0. The molecule has 3 aromatic carbocycles. The van der Waals surface area contributed by atoms with Gasteiger partial charge in [0, 0.05) is 71.6 Å². The summed E-state index contributed by atoms with van der Waals surface area (Å²) in [6.07, 6.45) is 4.56. The molecular formula is C39H39IN4O3S. The first kappa shape index (κ1) is 32.6. The molecule has 0 atom stereocenters. The second kappa shape index (κ2) is 13.5. The van der Waals surface area contributed by atoms with E-state index in [1.165, 1.54) is 11.3 Å². The monoisotopic (exact) mass is 770 g/mol. The first-order valence-corrected chi connectivity index (χ1v) is 18.4. The lowest BCUT2D eigenvalue weighted by molar-refractivity contribution is 0.0700. The minimum absolute atomic E-state index is 0.0419. The number of likely N-dealkylation sites (tertiary alicyclic amines) is 1. The van der Waals surface area contributed by atoms with Crippen LogP contribution in [0, 0.1) is 12.8 Å². The van der Waals surface area contributed by atoms with Crippen LogP contribution < -0.4 is 9.80 Å². The van der Waals surface area contributed by atoms with Crippen LogP contribution in [0.5, 0.6) is 0 Å². The van der Waals surface area contributed by atoms with Crippen molar-refractivity contribution in [1.82, 2.24) is 8.01 Å². The molecule has 7 rings (SSSR count). The predicted molar refractivity (Wildman–Crippen MR) is 202 cm³/mol. The van der Waals surface area contributed by atoms with Crippen LogP contribution in [0.4, 0.5) is 11.4 Å². The minimum Gasteiger partial charge on any atom is -0.348 e. The molecule has 3 amide bonds. The molecule has 3 aliphatic rings. The van der Waals surface area contributed by atoms with E-state index in [9.17, 15) is 14.4 Å². The molecule has 1 aromatic heterocycles. The number of anilines is 2. The van der Waals surface area contributed by atoms with E-state index in [1.54, 1.807) is 0 Å². The van der Waals surface area contributed by atoms with Gasteiger partial charge in [0.2, 0.25) is 0 Å². The van der Waals surface area contributed by atoms with Gasteiger partial charge in [0.05, 0.1) is 33.4 Å². The quantitative estimate of drug-likeness (QED) is 0.140. The average molecular weight is 771 g/mol. The van der Waals surface area contributed by atoms with E-state index < -0.39 is 0 Å². The van der Waals surface area contributed by atoms with Crippen LogP contribution in [0.15, 0.2) is 91.1 Å². The Hall–Kier alpha value is -3.96. The number of aryl methyl sites for hydroxylation is 1. The first-order chi connectivity index (χ1) is 23.2. The zero-order valence-corrected chi connectivity index (χ0v) is 30.3. The maximum absolute atomic E-state index is 14.0. The molecule has 2 fully saturated rings. The number of halogens is 1. The lowest BCUT2D eigenvalue weighted by Gasteiger charge is -2.36. The van der Waals surface area contributed by atoms with Crippen LogP contribution in [0.25, 0.3) is 10.4 Å². The molecule has 0 radical (unpaired) electrons. The molecule has 2 aliphatic heterocycles. The summed E-state index contributed by atoms with van der Waals surface area (Å²) in [5.74, 6) is 0.411. The number of fused-ring (bicyclic) bond motifs is 3. The number of amides is 3. The highest BCUT2D eigenvalue weighted by atomic mass is 127. The molecule has 9 heteroatoms. The molecular weight excluding hydrogens is 731 g/mol. The Balaban J connectivity index is 1.02. The normalized spacial score (nSPS) is 16.1. The number of para-hydroxylation sites is 1. The molecule has 0 N–H and O–H groups in total. The van der Waals surface area contributed by atoms with Crippen molar-refractivity contribution in [2.75, 3.05) is 36.5 Å². The van der Waals surface area contributed by atoms with E-state index in [-0.39, 0.29) is 23.6 Å². The number of nitrogens with zero attached hydrogens (tertiary/aromatic N) is 4. The zero-order chi connectivity index (χ0) is 33.5. The maximum Gasteiger partial charge on any atom is 0.272 e. The van der Waals surface area contributed by atoms with E-state index in [2.05, 4.69) is 40.4 Å². The number of allylic oxidation sites excluding steroid dienone is 1. The number of hydrogen-bond acceptors (Lipinski definition) is 5. The number of benzene rings is 3. The van der Waals surface area contributed by atoms with Crippen LogP contribution in [0.3, 0.4) is 0 Å². The van der Waals surface area contributed by atoms with Gasteiger partial charge in [-0.3, -0.25) is 17.5 Å². The zero-order valence-electron chi connectivity index (χ0n) is 27.3. The Morgan fingerprint density at radius 3 is 2.27 bits per heavy atom. The van der Waals surface area contributed by atoms with Crippen LogP contribution >= 0.6 is 34.2 Å². The van der Waals surface area contributed by atoms with Gasteiger partial charge in [-0.05, 0) is 92.6 Å². The van der Waals surface area contributed by atoms with Gasteiger partial charge in [-0.25, -0.2) is 0 Å². The second-order valence-electron chi connectivity index (χ2n) is 13.0. The highest BCUT2D eigenvalue weighted by molar-refractivity contribution is 14.1. The molecule has 48 heavy (non-hydrogen) atoms. The standard InChI is InChI=1S/C39H39IN4O3S/c1-25-8-4-5-9-32(25)38(46)42-21-18-27(19-22-42)26(2)41(3)30-14-12-28(13-15-30)37(45)43-23-20-29-24-35(39(47)44(40)31-16-17-31)48-36(29)33-10-6-7-11-34(33)43/h4-15,24,27,31H,2,16-23H2,1,3H3. The van der Waals surface area contributed by atoms with Crippen LogP contribution in [-0.2, 0) is 6.42 Å². The molecule has 3 heterocycles. The average Bonchev–Trinajstić information content (AvgIpc) is 3.92. The topological polar surface area (TPSA) is 64.2 Å². The van der Waals surface area contributed by atoms with Gasteiger partial charge in [0.1, 0.15) is 0 Å². The third kappa shape index (κ3) is 6.30. The van der Waals surface area contributed by atoms with Crippen molar-refractivity contribution < 1.29 is 14.4 Å². The van der Waals surface area contributed by atoms with Crippen molar-refractivity contribution in [3.8, 4) is 10.4 Å². The number of rotatable bonds is 7. The molecule has 7 nitrogen and oxygen atoms in total. The summed E-state index contributed by atoms with van der Waals surface area (Å²) in [6, 6.07) is 26.0. The van der Waals surface area contributed by atoms with Crippen molar-refractivity contribution in [2.45, 2.75) is 45.1 Å². The molecule has 246 valence electrons. The molecule has 1 saturated heterocycles. The summed E-state index contributed by atoms with van der Waals surface area (Å²) in [5.41, 5.74) is 7.39. The summed E-state index contributed by atoms with van der Waals surface area (Å²) in [6.45, 7) is 8.37. The SMILES string of the molecule is C=C(C1CCN(C(=O)c2ccccc2C)CC1)N(C)c1ccc(C(=O)N2CCc3cc(C(=O)N(I)C4CC4)sc3-c3ccccc32)cc1. The van der Waals surface area contributed by atoms with Crippen molar-refractivity contribution in [1.29, 1.82) is 0 Å². The van der Waals surface area contributed by atoms with E-state index in [1.807, 2.05) is 99.7 Å². The molecule has 1 aliphatic carbocycles. The van der Waals surface area contributed by atoms with Gasteiger partial charge in [0.15, 0.2) is 0 Å². The third-order valence-corrected chi connectivity index (χ3v) is 12.4. The van der Waals surface area contributed by atoms with Gasteiger partial charge in [0.25, 0.3) is 17.7 Å². The summed E-state index contributed by atoms with van der Waals surface area (Å²) < 4.78 is 1.85. The molecule has 0 spiro atoms. The molecule has 0 unspecified atom stereocenters. The van der Waals surface area contributed by atoms with Gasteiger partial charge < -0.3 is 14.7 Å². The van der Waals surface area contributed by atoms with Gasteiger partial charge in [-0.2, -0.15) is 0 Å². The highest BCUT2D eigenvalue weighted by Crippen LogP contribution is 2.43. The minimum atomic E-state index is -0.0419. The van der Waals surface area contributed by atoms with Crippen molar-refractivity contribution >= 4 is 63.3 Å². The van der Waals surface area contributed by atoms with Gasteiger partial charge >= 0.3 is 0 Å². The van der Waals surface area contributed by atoms with Gasteiger partial charge in [-0.15, -0.1) is 11.3 Å². The van der Waals surface area contributed by atoms with Crippen LogP contribution in [-0.4, -0.2) is 58.5 Å². The van der Waals surface area contributed by atoms with Gasteiger partial charge in [-0.1, -0.05) is 43.0 Å². The fraction of sp³-hybridized carbons (Fsp3) is 0.308. The van der Waals surface area contributed by atoms with Crippen molar-refractivity contribution in [3.63, 3.8) is 0 Å². The third-order valence-electron chi connectivity index (χ3n) is 9.93. The summed E-state index contributed by atoms with van der Waals surface area (Å²) in [5, 5.41) is 0. The Kier molecular flexibility index (Phi) is 9.17. The Labute approximate surface area is 300 Å². The van der Waals surface area contributed by atoms with Crippen LogP contribution in [0.1, 0.15) is 67.2 Å². The molecule has 4 aromatic rings. The largest absolute Gasteiger partial charge is 0.348 e. The Morgan fingerprint density at radius 2 is 1.56 bits per heavy atom. The number of piperidine rings is 1. The lowest BCUT2D eigenvalue weighted by Crippen LogP contribution is -2.40. The number of carbonyl (C=O) groups is 3. The van der Waals surface area contributed by atoms with E-state index in [0.29, 0.717) is 37.7 Å².